The number of nitrogens with one attached hydrogen (secondary N) is 2. The smallest absolute Gasteiger partial charge is 0.270 e. The van der Waals surface area contributed by atoms with Gasteiger partial charge < -0.3 is 19.5 Å². The minimum absolute atomic E-state index is 0.000323. The molecule has 10 heteroatoms. The number of amides is 3. The molecule has 0 unspecified atom stereocenters. The summed E-state index contributed by atoms with van der Waals surface area (Å²) in [5.74, 6) is 0.558. The lowest BCUT2D eigenvalue weighted by Crippen LogP contribution is -2.54. The molecule has 0 aliphatic carbocycles. The van der Waals surface area contributed by atoms with E-state index >= 15 is 0 Å². The first kappa shape index (κ1) is 27.3. The van der Waals surface area contributed by atoms with Crippen LogP contribution in [-0.2, 0) is 21.0 Å². The summed E-state index contributed by atoms with van der Waals surface area (Å²) < 4.78 is 16.8. The van der Waals surface area contributed by atoms with E-state index in [0.717, 1.165) is 0 Å². The molecule has 39 heavy (non-hydrogen) atoms. The van der Waals surface area contributed by atoms with Crippen LogP contribution in [0.15, 0.2) is 72.3 Å². The number of methoxy groups -OCH3 is 1. The third kappa shape index (κ3) is 6.60. The van der Waals surface area contributed by atoms with E-state index in [1.807, 2.05) is 6.92 Å². The largest absolute Gasteiger partial charge is 0.496 e. The molecule has 1 aliphatic heterocycles. The average molecular weight is 546 g/mol. The van der Waals surface area contributed by atoms with Crippen molar-refractivity contribution in [2.75, 3.05) is 23.9 Å². The Morgan fingerprint density at radius 1 is 1.00 bits per heavy atom. The Kier molecular flexibility index (Phi) is 8.57. The van der Waals surface area contributed by atoms with Crippen LogP contribution in [0.3, 0.4) is 0 Å². The van der Waals surface area contributed by atoms with E-state index in [2.05, 4.69) is 10.6 Å². The molecule has 0 aromatic heterocycles. The van der Waals surface area contributed by atoms with Crippen molar-refractivity contribution in [1.29, 1.82) is 0 Å². The Balaban J connectivity index is 1.55. The number of thiocarbonyl (C=S) groups is 1. The topological polar surface area (TPSA) is 106 Å². The molecule has 0 radical (unpaired) electrons. The van der Waals surface area contributed by atoms with E-state index in [0.29, 0.717) is 46.4 Å². The van der Waals surface area contributed by atoms with Crippen molar-refractivity contribution in [3.63, 3.8) is 0 Å². The molecule has 1 heterocycles. The van der Waals surface area contributed by atoms with Crippen molar-refractivity contribution in [3.05, 3.63) is 83.4 Å². The van der Waals surface area contributed by atoms with Gasteiger partial charge in [0.15, 0.2) is 5.11 Å². The van der Waals surface area contributed by atoms with Gasteiger partial charge in [0.2, 0.25) is 5.91 Å². The molecular formula is C29H27N3O6S. The molecular weight excluding hydrogens is 518 g/mol. The molecule has 0 spiro atoms. The Labute approximate surface area is 231 Å². The van der Waals surface area contributed by atoms with Gasteiger partial charge in [0.05, 0.1) is 19.4 Å². The van der Waals surface area contributed by atoms with Crippen molar-refractivity contribution in [2.24, 2.45) is 0 Å². The first-order chi connectivity index (χ1) is 18.8. The molecule has 0 saturated carbocycles. The van der Waals surface area contributed by atoms with Crippen molar-refractivity contribution in [3.8, 4) is 17.2 Å². The molecule has 2 N–H and O–H groups in total. The maximum atomic E-state index is 13.4. The predicted octanol–water partition coefficient (Wildman–Crippen LogP) is 4.46. The number of hydrogen-bond donors (Lipinski definition) is 2. The zero-order valence-electron chi connectivity index (χ0n) is 21.6. The van der Waals surface area contributed by atoms with Crippen LogP contribution in [0.5, 0.6) is 17.2 Å². The Morgan fingerprint density at radius 2 is 1.67 bits per heavy atom. The first-order valence-corrected chi connectivity index (χ1v) is 12.5. The molecule has 200 valence electrons. The SMILES string of the molecule is CCOc1ccc(N2C(=O)/C(=C\c3ccc(OC)c(COc4ccc(NC(C)=O)cc4)c3)C(=O)NC2=S)cc1. The summed E-state index contributed by atoms with van der Waals surface area (Å²) in [4.78, 5) is 38.6. The summed E-state index contributed by atoms with van der Waals surface area (Å²) in [5, 5.41) is 5.29. The lowest BCUT2D eigenvalue weighted by atomic mass is 10.0. The average Bonchev–Trinajstić information content (AvgIpc) is 2.91. The molecule has 1 saturated heterocycles. The van der Waals surface area contributed by atoms with Crippen LogP contribution >= 0.6 is 12.2 Å². The fourth-order valence-electron chi connectivity index (χ4n) is 3.92. The highest BCUT2D eigenvalue weighted by molar-refractivity contribution is 7.80. The lowest BCUT2D eigenvalue weighted by Gasteiger charge is -2.29. The van der Waals surface area contributed by atoms with Gasteiger partial charge >= 0.3 is 0 Å². The van der Waals surface area contributed by atoms with Crippen molar-refractivity contribution < 1.29 is 28.6 Å². The molecule has 1 aliphatic rings. The van der Waals surface area contributed by atoms with E-state index in [4.69, 9.17) is 26.4 Å². The van der Waals surface area contributed by atoms with Gasteiger partial charge in [-0.15, -0.1) is 0 Å². The number of ether oxygens (including phenoxy) is 3. The molecule has 9 nitrogen and oxygen atoms in total. The van der Waals surface area contributed by atoms with E-state index in [1.165, 1.54) is 17.9 Å². The molecule has 1 fully saturated rings. The fourth-order valence-corrected chi connectivity index (χ4v) is 4.20. The maximum absolute atomic E-state index is 13.4. The zero-order valence-corrected chi connectivity index (χ0v) is 22.5. The molecule has 3 amide bonds. The Hall–Kier alpha value is -4.70. The predicted molar refractivity (Wildman–Crippen MR) is 152 cm³/mol. The van der Waals surface area contributed by atoms with Gasteiger partial charge in [-0.1, -0.05) is 6.07 Å². The van der Waals surface area contributed by atoms with E-state index in [1.54, 1.807) is 73.8 Å². The quantitative estimate of drug-likeness (QED) is 0.232. The summed E-state index contributed by atoms with van der Waals surface area (Å²) in [6.45, 7) is 4.01. The van der Waals surface area contributed by atoms with Crippen LogP contribution in [0.4, 0.5) is 11.4 Å². The number of hydrogen-bond acceptors (Lipinski definition) is 7. The van der Waals surface area contributed by atoms with Crippen LogP contribution in [0.2, 0.25) is 0 Å². The van der Waals surface area contributed by atoms with Crippen LogP contribution in [0.25, 0.3) is 6.08 Å². The highest BCUT2D eigenvalue weighted by Crippen LogP contribution is 2.27. The summed E-state index contributed by atoms with van der Waals surface area (Å²) in [7, 11) is 1.55. The maximum Gasteiger partial charge on any atom is 0.270 e. The van der Waals surface area contributed by atoms with Gasteiger partial charge in [-0.25, -0.2) is 0 Å². The third-order valence-electron chi connectivity index (χ3n) is 5.69. The number of carbonyl (C=O) groups is 3. The summed E-state index contributed by atoms with van der Waals surface area (Å²) in [6, 6.07) is 19.1. The van der Waals surface area contributed by atoms with Gasteiger partial charge in [-0.2, -0.15) is 0 Å². The minimum Gasteiger partial charge on any atom is -0.496 e. The summed E-state index contributed by atoms with van der Waals surface area (Å²) in [5.41, 5.74) is 2.42. The lowest BCUT2D eigenvalue weighted by molar-refractivity contribution is -0.122. The number of benzene rings is 3. The van der Waals surface area contributed by atoms with Gasteiger partial charge in [0.1, 0.15) is 29.4 Å². The van der Waals surface area contributed by atoms with E-state index in [9.17, 15) is 14.4 Å². The van der Waals surface area contributed by atoms with Crippen LogP contribution in [-0.4, -0.2) is 36.6 Å². The fraction of sp³-hybridized carbons (Fsp3) is 0.172. The standard InChI is InChI=1S/C29H27N3O6S/c1-4-37-23-12-8-22(9-13-23)32-28(35)25(27(34)31-29(32)39)16-19-5-14-26(36-3)20(15-19)17-38-24-10-6-21(7-11-24)30-18(2)33/h5-16H,4,17H2,1-3H3,(H,30,33)(H,31,34,39)/b25-16-. The highest BCUT2D eigenvalue weighted by atomic mass is 32.1. The number of rotatable bonds is 9. The zero-order chi connectivity index (χ0) is 27.9. The summed E-state index contributed by atoms with van der Waals surface area (Å²) in [6.07, 6.45) is 1.51. The normalized spacial score (nSPS) is 14.2. The van der Waals surface area contributed by atoms with Gasteiger partial charge in [-0.05, 0) is 91.4 Å². The van der Waals surface area contributed by atoms with E-state index in [-0.39, 0.29) is 23.2 Å². The third-order valence-corrected chi connectivity index (χ3v) is 5.98. The highest BCUT2D eigenvalue weighted by Gasteiger charge is 2.34. The second kappa shape index (κ2) is 12.2. The Morgan fingerprint density at radius 3 is 2.31 bits per heavy atom. The minimum atomic E-state index is -0.583. The number of nitrogens with zero attached hydrogens (tertiary/aromatic N) is 1. The van der Waals surface area contributed by atoms with Crippen molar-refractivity contribution in [2.45, 2.75) is 20.5 Å². The molecule has 0 bridgehead atoms. The number of anilines is 2. The molecule has 3 aromatic carbocycles. The monoisotopic (exact) mass is 545 g/mol. The van der Waals surface area contributed by atoms with Gasteiger partial charge in [-0.3, -0.25) is 24.6 Å². The van der Waals surface area contributed by atoms with Crippen LogP contribution in [0.1, 0.15) is 25.0 Å². The second-order valence-electron chi connectivity index (χ2n) is 8.45. The number of carbonyl (C=O) groups excluding carboxylic acids is 3. The van der Waals surface area contributed by atoms with Crippen LogP contribution < -0.4 is 29.7 Å². The van der Waals surface area contributed by atoms with Crippen molar-refractivity contribution in [1.82, 2.24) is 5.32 Å². The molecule has 3 aromatic rings. The van der Waals surface area contributed by atoms with Gasteiger partial charge in [0, 0.05) is 18.2 Å². The van der Waals surface area contributed by atoms with E-state index < -0.39 is 11.8 Å². The Bertz CT molecular complexity index is 1430. The first-order valence-electron chi connectivity index (χ1n) is 12.1. The molecule has 0 atom stereocenters. The van der Waals surface area contributed by atoms with Crippen molar-refractivity contribution >= 4 is 52.5 Å². The van der Waals surface area contributed by atoms with Gasteiger partial charge in [0.25, 0.3) is 11.8 Å². The summed E-state index contributed by atoms with van der Waals surface area (Å²) >= 11 is 5.29. The second-order valence-corrected chi connectivity index (χ2v) is 8.84. The molecule has 4 rings (SSSR count). The van der Waals surface area contributed by atoms with Crippen LogP contribution in [0, 0.1) is 0 Å².